The van der Waals surface area contributed by atoms with Crippen LogP contribution in [0.25, 0.3) is 10.9 Å². The van der Waals surface area contributed by atoms with E-state index in [9.17, 15) is 4.79 Å². The zero-order valence-corrected chi connectivity index (χ0v) is 11.1. The fraction of sp³-hybridized carbons (Fsp3) is 0.333. The molecule has 104 valence electrons. The number of fused-ring (bicyclic) bond motifs is 1. The van der Waals surface area contributed by atoms with Gasteiger partial charge in [-0.1, -0.05) is 18.2 Å². The van der Waals surface area contributed by atoms with Gasteiger partial charge in [-0.3, -0.25) is 9.78 Å². The molecule has 0 aliphatic carbocycles. The maximum Gasteiger partial charge on any atom is 0.309 e. The van der Waals surface area contributed by atoms with E-state index >= 15 is 0 Å². The molecule has 0 bridgehead atoms. The minimum Gasteiger partial charge on any atom is -0.481 e. The lowest BCUT2D eigenvalue weighted by molar-refractivity contribution is -0.136. The lowest BCUT2D eigenvalue weighted by atomic mass is 10.1. The third-order valence-electron chi connectivity index (χ3n) is 3.43. The molecule has 2 aromatic rings. The first-order valence-electron chi connectivity index (χ1n) is 6.67. The fourth-order valence-electron chi connectivity index (χ4n) is 2.52. The number of carbonyl (C=O) groups is 1. The minimum absolute atomic E-state index is 0.0534. The number of carboxylic acid groups (broad SMARTS) is 1. The van der Waals surface area contributed by atoms with Crippen molar-refractivity contribution >= 4 is 22.6 Å². The lowest BCUT2D eigenvalue weighted by Crippen LogP contribution is -2.36. The van der Waals surface area contributed by atoms with Gasteiger partial charge in [-0.15, -0.1) is 0 Å². The first kappa shape index (κ1) is 12.9. The smallest absolute Gasteiger partial charge is 0.309 e. The van der Waals surface area contributed by atoms with Crippen molar-refractivity contribution in [2.24, 2.45) is 0 Å². The van der Waals surface area contributed by atoms with Gasteiger partial charge >= 0.3 is 5.97 Å². The van der Waals surface area contributed by atoms with Gasteiger partial charge < -0.3 is 14.7 Å². The topological polar surface area (TPSA) is 62.7 Å². The Kier molecular flexibility index (Phi) is 3.52. The normalized spacial score (nSPS) is 15.5. The van der Waals surface area contributed by atoms with Crippen molar-refractivity contribution in [1.82, 2.24) is 4.98 Å². The monoisotopic (exact) mass is 272 g/mol. The molecular formula is C15H16N2O3. The van der Waals surface area contributed by atoms with Gasteiger partial charge in [-0.2, -0.15) is 0 Å². The molecule has 0 saturated carbocycles. The maximum absolute atomic E-state index is 10.9. The van der Waals surface area contributed by atoms with E-state index in [-0.39, 0.29) is 6.42 Å². The molecule has 0 unspecified atom stereocenters. The molecule has 3 rings (SSSR count). The Morgan fingerprint density at radius 2 is 2.05 bits per heavy atom. The molecule has 1 aromatic heterocycles. The molecule has 0 radical (unpaired) electrons. The number of rotatable bonds is 3. The Morgan fingerprint density at radius 1 is 1.30 bits per heavy atom. The Bertz CT molecular complexity index is 636. The second-order valence-electron chi connectivity index (χ2n) is 4.82. The lowest BCUT2D eigenvalue weighted by Gasteiger charge is -2.30. The van der Waals surface area contributed by atoms with E-state index in [1.54, 1.807) is 0 Å². The molecule has 1 saturated heterocycles. The van der Waals surface area contributed by atoms with Crippen LogP contribution in [0.4, 0.5) is 5.69 Å². The van der Waals surface area contributed by atoms with Crippen molar-refractivity contribution in [3.8, 4) is 0 Å². The molecule has 1 aromatic carbocycles. The van der Waals surface area contributed by atoms with Gasteiger partial charge in [0.15, 0.2) is 0 Å². The predicted octanol–water partition coefficient (Wildman–Crippen LogP) is 1.70. The van der Waals surface area contributed by atoms with E-state index in [1.165, 1.54) is 0 Å². The number of aliphatic carboxylic acids is 1. The Morgan fingerprint density at radius 3 is 2.80 bits per heavy atom. The molecule has 1 fully saturated rings. The van der Waals surface area contributed by atoms with Crippen LogP contribution in [0.3, 0.4) is 0 Å². The molecule has 1 N–H and O–H groups in total. The number of anilines is 1. The molecular weight excluding hydrogens is 256 g/mol. The number of hydrogen-bond acceptors (Lipinski definition) is 4. The zero-order chi connectivity index (χ0) is 13.9. The van der Waals surface area contributed by atoms with Gasteiger partial charge in [0.25, 0.3) is 0 Å². The zero-order valence-electron chi connectivity index (χ0n) is 11.1. The standard InChI is InChI=1S/C15H16N2O3/c18-15(19)10-11-9-14(17-5-7-20-8-6-17)12-3-1-2-4-13(12)16-11/h1-4,9H,5-8,10H2,(H,18,19). The fourth-order valence-corrected chi connectivity index (χ4v) is 2.52. The number of hydrogen-bond donors (Lipinski definition) is 1. The van der Waals surface area contributed by atoms with E-state index in [1.807, 2.05) is 30.3 Å². The molecule has 1 aliphatic rings. The van der Waals surface area contributed by atoms with Gasteiger partial charge in [0.2, 0.25) is 0 Å². The average molecular weight is 272 g/mol. The van der Waals surface area contributed by atoms with Crippen LogP contribution in [0.1, 0.15) is 5.69 Å². The van der Waals surface area contributed by atoms with Crippen LogP contribution in [0.5, 0.6) is 0 Å². The van der Waals surface area contributed by atoms with Gasteiger partial charge in [-0.25, -0.2) is 0 Å². The highest BCUT2D eigenvalue weighted by Crippen LogP contribution is 2.27. The molecule has 5 nitrogen and oxygen atoms in total. The summed E-state index contributed by atoms with van der Waals surface area (Å²) in [7, 11) is 0. The van der Waals surface area contributed by atoms with Crippen molar-refractivity contribution in [1.29, 1.82) is 0 Å². The quantitative estimate of drug-likeness (QED) is 0.921. The van der Waals surface area contributed by atoms with Crippen LogP contribution < -0.4 is 4.90 Å². The molecule has 0 amide bonds. The molecule has 0 spiro atoms. The van der Waals surface area contributed by atoms with E-state index in [0.717, 1.165) is 29.7 Å². The highest BCUT2D eigenvalue weighted by atomic mass is 16.5. The largest absolute Gasteiger partial charge is 0.481 e. The summed E-state index contributed by atoms with van der Waals surface area (Å²) in [6, 6.07) is 9.73. The highest BCUT2D eigenvalue weighted by molar-refractivity contribution is 5.92. The van der Waals surface area contributed by atoms with E-state index in [0.29, 0.717) is 18.9 Å². The SMILES string of the molecule is O=C(O)Cc1cc(N2CCOCC2)c2ccccc2n1. The second kappa shape index (κ2) is 5.46. The maximum atomic E-state index is 10.9. The summed E-state index contributed by atoms with van der Waals surface area (Å²) >= 11 is 0. The summed E-state index contributed by atoms with van der Waals surface area (Å²) < 4.78 is 5.38. The number of para-hydroxylation sites is 1. The third-order valence-corrected chi connectivity index (χ3v) is 3.43. The van der Waals surface area contributed by atoms with Crippen LogP contribution in [-0.2, 0) is 16.0 Å². The highest BCUT2D eigenvalue weighted by Gasteiger charge is 2.16. The predicted molar refractivity (Wildman–Crippen MR) is 76.1 cm³/mol. The Balaban J connectivity index is 2.08. The van der Waals surface area contributed by atoms with Crippen molar-refractivity contribution < 1.29 is 14.6 Å². The molecule has 20 heavy (non-hydrogen) atoms. The first-order chi connectivity index (χ1) is 9.74. The summed E-state index contributed by atoms with van der Waals surface area (Å²) in [5.41, 5.74) is 2.49. The van der Waals surface area contributed by atoms with Gasteiger partial charge in [0.1, 0.15) is 0 Å². The van der Waals surface area contributed by atoms with Crippen LogP contribution in [0.15, 0.2) is 30.3 Å². The van der Waals surface area contributed by atoms with Crippen LogP contribution in [-0.4, -0.2) is 42.4 Å². The van der Waals surface area contributed by atoms with Crippen LogP contribution in [0, 0.1) is 0 Å². The average Bonchev–Trinajstić information content (AvgIpc) is 2.47. The van der Waals surface area contributed by atoms with Crippen molar-refractivity contribution in [3.05, 3.63) is 36.0 Å². The summed E-state index contributed by atoms with van der Waals surface area (Å²) in [5.74, 6) is -0.860. The summed E-state index contributed by atoms with van der Waals surface area (Å²) in [6.45, 7) is 3.04. The molecule has 2 heterocycles. The number of morpholine rings is 1. The number of pyridine rings is 1. The van der Waals surface area contributed by atoms with Gasteiger partial charge in [0.05, 0.1) is 30.8 Å². The summed E-state index contributed by atoms with van der Waals surface area (Å²) in [6.07, 6.45) is -0.0534. The van der Waals surface area contributed by atoms with Crippen molar-refractivity contribution in [2.75, 3.05) is 31.2 Å². The number of carboxylic acids is 1. The molecule has 0 atom stereocenters. The molecule has 1 aliphatic heterocycles. The third kappa shape index (κ3) is 2.58. The number of benzene rings is 1. The Hall–Kier alpha value is -2.14. The summed E-state index contributed by atoms with van der Waals surface area (Å²) in [4.78, 5) is 17.6. The van der Waals surface area contributed by atoms with Crippen molar-refractivity contribution in [3.63, 3.8) is 0 Å². The van der Waals surface area contributed by atoms with Crippen LogP contribution >= 0.6 is 0 Å². The van der Waals surface area contributed by atoms with E-state index in [4.69, 9.17) is 9.84 Å². The van der Waals surface area contributed by atoms with E-state index < -0.39 is 5.97 Å². The first-order valence-corrected chi connectivity index (χ1v) is 6.67. The van der Waals surface area contributed by atoms with Gasteiger partial charge in [-0.05, 0) is 12.1 Å². The van der Waals surface area contributed by atoms with Crippen molar-refractivity contribution in [2.45, 2.75) is 6.42 Å². The van der Waals surface area contributed by atoms with Gasteiger partial charge in [0, 0.05) is 24.2 Å². The number of ether oxygens (including phenoxy) is 1. The second-order valence-corrected chi connectivity index (χ2v) is 4.82. The van der Waals surface area contributed by atoms with Crippen LogP contribution in [0.2, 0.25) is 0 Å². The minimum atomic E-state index is -0.860. The summed E-state index contributed by atoms with van der Waals surface area (Å²) in [5, 5.41) is 10.0. The number of aromatic nitrogens is 1. The van der Waals surface area contributed by atoms with E-state index in [2.05, 4.69) is 9.88 Å². The molecule has 5 heteroatoms. The Labute approximate surface area is 116 Å². The number of nitrogens with zero attached hydrogens (tertiary/aromatic N) is 2.